The molecule has 2 heteroatoms. The van der Waals surface area contributed by atoms with Gasteiger partial charge in [-0.25, -0.2) is 0 Å². The van der Waals surface area contributed by atoms with Gasteiger partial charge < -0.3 is 5.11 Å². The topological polar surface area (TPSA) is 37.3 Å². The number of Topliss-reactive ketones (excluding diaryl/α,β-unsaturated/α-hetero) is 1. The van der Waals surface area contributed by atoms with E-state index in [2.05, 4.69) is 0 Å². The Labute approximate surface area is 60.2 Å². The van der Waals surface area contributed by atoms with E-state index in [1.165, 1.54) is 0 Å². The Morgan fingerprint density at radius 1 is 1.40 bits per heavy atom. The molecule has 2 fully saturated rings. The number of aliphatic hydroxyl groups excluding tert-OH is 1. The van der Waals surface area contributed by atoms with E-state index >= 15 is 0 Å². The first-order valence-corrected chi connectivity index (χ1v) is 3.97. The van der Waals surface area contributed by atoms with Crippen molar-refractivity contribution in [2.45, 2.75) is 19.3 Å². The number of aliphatic hydroxyl groups is 1. The second kappa shape index (κ2) is 2.06. The van der Waals surface area contributed by atoms with Gasteiger partial charge in [-0.3, -0.25) is 4.79 Å². The molecule has 0 aromatic rings. The quantitative estimate of drug-likeness (QED) is 0.579. The van der Waals surface area contributed by atoms with Crippen LogP contribution in [0.5, 0.6) is 0 Å². The van der Waals surface area contributed by atoms with Gasteiger partial charge in [0.1, 0.15) is 5.78 Å². The molecule has 3 unspecified atom stereocenters. The van der Waals surface area contributed by atoms with Crippen molar-refractivity contribution in [3.05, 3.63) is 0 Å². The largest absolute Gasteiger partial charge is 0.396 e. The third kappa shape index (κ3) is 0.788. The highest BCUT2D eigenvalue weighted by Gasteiger charge is 2.51. The minimum absolute atomic E-state index is 0.274. The lowest BCUT2D eigenvalue weighted by Gasteiger charge is -2.16. The summed E-state index contributed by atoms with van der Waals surface area (Å²) < 4.78 is 0. The van der Waals surface area contributed by atoms with Gasteiger partial charge in [-0.05, 0) is 25.2 Å². The van der Waals surface area contributed by atoms with Crippen LogP contribution in [-0.4, -0.2) is 17.5 Å². The molecule has 2 nitrogen and oxygen atoms in total. The van der Waals surface area contributed by atoms with E-state index in [1.54, 1.807) is 0 Å². The van der Waals surface area contributed by atoms with Gasteiger partial charge in [-0.1, -0.05) is 0 Å². The van der Waals surface area contributed by atoms with E-state index in [0.29, 0.717) is 23.5 Å². The molecule has 0 bridgehead atoms. The van der Waals surface area contributed by atoms with Crippen molar-refractivity contribution in [2.75, 3.05) is 6.61 Å². The zero-order valence-corrected chi connectivity index (χ0v) is 5.92. The maximum Gasteiger partial charge on any atom is 0.140 e. The second-order valence-corrected chi connectivity index (χ2v) is 3.48. The second-order valence-electron chi connectivity index (χ2n) is 3.48. The fraction of sp³-hybridized carbons (Fsp3) is 0.875. The minimum Gasteiger partial charge on any atom is -0.396 e. The number of rotatable bonds is 1. The summed E-state index contributed by atoms with van der Waals surface area (Å²) in [5.74, 6) is 1.64. The van der Waals surface area contributed by atoms with Gasteiger partial charge in [-0.2, -0.15) is 0 Å². The molecule has 0 aromatic carbocycles. The summed E-state index contributed by atoms with van der Waals surface area (Å²) in [5, 5.41) is 8.80. The first-order valence-electron chi connectivity index (χ1n) is 3.97. The third-order valence-corrected chi connectivity index (χ3v) is 2.84. The number of carbonyl (C=O) groups excluding carboxylic acids is 1. The van der Waals surface area contributed by atoms with Crippen LogP contribution in [0, 0.1) is 17.8 Å². The lowest BCUT2D eigenvalue weighted by molar-refractivity contribution is -0.112. The van der Waals surface area contributed by atoms with Crippen molar-refractivity contribution in [3.8, 4) is 0 Å². The van der Waals surface area contributed by atoms with Gasteiger partial charge in [0, 0.05) is 18.4 Å². The van der Waals surface area contributed by atoms with E-state index in [1.807, 2.05) is 0 Å². The average Bonchev–Trinajstić information content (AvgIpc) is 2.62. The number of carbonyl (C=O) groups is 1. The highest BCUT2D eigenvalue weighted by Crippen LogP contribution is 2.47. The molecular weight excluding hydrogens is 128 g/mol. The fourth-order valence-electron chi connectivity index (χ4n) is 2.03. The fourth-order valence-corrected chi connectivity index (χ4v) is 2.03. The summed E-state index contributed by atoms with van der Waals surface area (Å²) in [5.41, 5.74) is 0. The van der Waals surface area contributed by atoms with Crippen LogP contribution in [0.2, 0.25) is 0 Å². The van der Waals surface area contributed by atoms with Crippen LogP contribution in [0.1, 0.15) is 19.3 Å². The van der Waals surface area contributed by atoms with Gasteiger partial charge in [0.15, 0.2) is 0 Å². The molecule has 2 aliphatic rings. The van der Waals surface area contributed by atoms with Gasteiger partial charge >= 0.3 is 0 Å². The predicted molar refractivity (Wildman–Crippen MR) is 36.4 cm³/mol. The van der Waals surface area contributed by atoms with Crippen LogP contribution in [0.25, 0.3) is 0 Å². The molecule has 56 valence electrons. The van der Waals surface area contributed by atoms with Crippen LogP contribution < -0.4 is 0 Å². The van der Waals surface area contributed by atoms with Crippen molar-refractivity contribution in [2.24, 2.45) is 17.8 Å². The molecule has 0 amide bonds. The monoisotopic (exact) mass is 140 g/mol. The van der Waals surface area contributed by atoms with Crippen molar-refractivity contribution in [1.29, 1.82) is 0 Å². The smallest absolute Gasteiger partial charge is 0.140 e. The van der Waals surface area contributed by atoms with E-state index < -0.39 is 0 Å². The first kappa shape index (κ1) is 6.35. The van der Waals surface area contributed by atoms with Crippen LogP contribution in [-0.2, 0) is 4.79 Å². The highest BCUT2D eigenvalue weighted by molar-refractivity contribution is 5.99. The van der Waals surface area contributed by atoms with Gasteiger partial charge in [0.2, 0.25) is 0 Å². The van der Waals surface area contributed by atoms with Crippen molar-refractivity contribution >= 4 is 5.78 Å². The molecule has 2 saturated carbocycles. The minimum atomic E-state index is 0.274. The maximum absolute atomic E-state index is 10.9. The molecule has 0 radical (unpaired) electrons. The Balaban J connectivity index is 1.95. The van der Waals surface area contributed by atoms with Crippen LogP contribution in [0.3, 0.4) is 0 Å². The number of hydrogen-bond acceptors (Lipinski definition) is 2. The Bertz CT molecular complexity index is 165. The molecule has 0 saturated heterocycles. The zero-order valence-electron chi connectivity index (χ0n) is 5.92. The normalized spacial score (nSPS) is 44.9. The molecule has 3 atom stereocenters. The molecule has 0 aliphatic heterocycles. The van der Waals surface area contributed by atoms with Crippen LogP contribution in [0.4, 0.5) is 0 Å². The highest BCUT2D eigenvalue weighted by atomic mass is 16.3. The Kier molecular flexibility index (Phi) is 1.31. The lowest BCUT2D eigenvalue weighted by atomic mass is 9.90. The molecule has 0 heterocycles. The van der Waals surface area contributed by atoms with Gasteiger partial charge in [-0.15, -0.1) is 0 Å². The number of fused-ring (bicyclic) bond motifs is 1. The molecule has 2 rings (SSSR count). The molecule has 0 aromatic heterocycles. The van der Waals surface area contributed by atoms with Crippen molar-refractivity contribution in [1.82, 2.24) is 0 Å². The van der Waals surface area contributed by atoms with Gasteiger partial charge in [0.25, 0.3) is 0 Å². The van der Waals surface area contributed by atoms with E-state index in [4.69, 9.17) is 5.11 Å². The van der Waals surface area contributed by atoms with Crippen molar-refractivity contribution in [3.63, 3.8) is 0 Å². The summed E-state index contributed by atoms with van der Waals surface area (Å²) in [6, 6.07) is 0. The Hall–Kier alpha value is -0.370. The third-order valence-electron chi connectivity index (χ3n) is 2.84. The SMILES string of the molecule is O=C1C2CCC(CO)CC12. The first-order chi connectivity index (χ1) is 4.83. The molecule has 1 N–H and O–H groups in total. The summed E-state index contributed by atoms with van der Waals surface area (Å²) in [7, 11) is 0. The van der Waals surface area contributed by atoms with Crippen molar-refractivity contribution < 1.29 is 9.90 Å². The lowest BCUT2D eigenvalue weighted by Crippen LogP contribution is -2.11. The summed E-state index contributed by atoms with van der Waals surface area (Å²) in [6.45, 7) is 0.274. The molecular formula is C8H12O2. The van der Waals surface area contributed by atoms with E-state index in [9.17, 15) is 4.79 Å². The predicted octanol–water partition coefficient (Wildman–Crippen LogP) is 0.594. The van der Waals surface area contributed by atoms with Crippen LogP contribution in [0.15, 0.2) is 0 Å². The molecule has 2 aliphatic carbocycles. The zero-order chi connectivity index (χ0) is 7.14. The Morgan fingerprint density at radius 2 is 2.20 bits per heavy atom. The summed E-state index contributed by atoms with van der Waals surface area (Å²) in [4.78, 5) is 10.9. The van der Waals surface area contributed by atoms with E-state index in [0.717, 1.165) is 19.3 Å². The van der Waals surface area contributed by atoms with Gasteiger partial charge in [0.05, 0.1) is 0 Å². The average molecular weight is 140 g/mol. The molecule has 0 spiro atoms. The maximum atomic E-state index is 10.9. The number of ketones is 1. The summed E-state index contributed by atoms with van der Waals surface area (Å²) >= 11 is 0. The van der Waals surface area contributed by atoms with Crippen LogP contribution >= 0.6 is 0 Å². The summed E-state index contributed by atoms with van der Waals surface area (Å²) in [6.07, 6.45) is 3.05. The standard InChI is InChI=1S/C8H12O2/c9-4-5-1-2-6-7(3-5)8(6)10/h5-7,9H,1-4H2. The Morgan fingerprint density at radius 3 is 2.80 bits per heavy atom. The van der Waals surface area contributed by atoms with E-state index in [-0.39, 0.29) is 6.61 Å². The molecule has 10 heavy (non-hydrogen) atoms. The number of hydrogen-bond donors (Lipinski definition) is 1.